The van der Waals surface area contributed by atoms with E-state index in [2.05, 4.69) is 10.1 Å². The van der Waals surface area contributed by atoms with Gasteiger partial charge in [-0.2, -0.15) is 4.31 Å². The first-order valence-corrected chi connectivity index (χ1v) is 10.9. The monoisotopic (exact) mass is 432 g/mol. The van der Waals surface area contributed by atoms with Gasteiger partial charge in [-0.25, -0.2) is 13.2 Å². The number of sulfonamides is 1. The Kier molecular flexibility index (Phi) is 6.73. The maximum Gasteiger partial charge on any atom is 0.337 e. The van der Waals surface area contributed by atoms with Crippen LogP contribution in [0, 0.1) is 0 Å². The van der Waals surface area contributed by atoms with Crippen molar-refractivity contribution in [2.45, 2.75) is 24.3 Å². The van der Waals surface area contributed by atoms with Gasteiger partial charge in [-0.05, 0) is 48.7 Å². The molecule has 1 aliphatic rings. The number of benzene rings is 2. The fraction of sp³-hybridized carbons (Fsp3) is 0.333. The molecule has 160 valence electrons. The molecule has 0 radical (unpaired) electrons. The van der Waals surface area contributed by atoms with E-state index in [-0.39, 0.29) is 22.8 Å². The molecule has 9 heteroatoms. The van der Waals surface area contributed by atoms with E-state index >= 15 is 0 Å². The topological polar surface area (TPSA) is 102 Å². The zero-order chi connectivity index (χ0) is 21.7. The second-order valence-corrected chi connectivity index (χ2v) is 8.75. The Balaban J connectivity index is 1.75. The predicted molar refractivity (Wildman–Crippen MR) is 110 cm³/mol. The van der Waals surface area contributed by atoms with Crippen molar-refractivity contribution in [3.63, 3.8) is 0 Å². The van der Waals surface area contributed by atoms with E-state index in [1.54, 1.807) is 24.3 Å². The van der Waals surface area contributed by atoms with E-state index in [1.807, 2.05) is 0 Å². The number of hydrogen-bond donors (Lipinski definition) is 1. The molecule has 1 fully saturated rings. The summed E-state index contributed by atoms with van der Waals surface area (Å²) in [5.74, 6) is -0.639. The summed E-state index contributed by atoms with van der Waals surface area (Å²) in [7, 11) is -1.03. The first-order valence-electron chi connectivity index (χ1n) is 9.50. The SMILES string of the molecule is COC(=O)c1ccc(CNC(=O)c2ccc(OC)c(S(=O)(=O)N3CCCC3)c2)cc1. The van der Waals surface area contributed by atoms with Crippen LogP contribution in [0.5, 0.6) is 5.75 Å². The van der Waals surface area contributed by atoms with Gasteiger partial charge in [-0.15, -0.1) is 0 Å². The molecular formula is C21H24N2O6S. The smallest absolute Gasteiger partial charge is 0.337 e. The Hall–Kier alpha value is -2.91. The van der Waals surface area contributed by atoms with Crippen molar-refractivity contribution in [2.24, 2.45) is 0 Å². The number of carbonyl (C=O) groups excluding carboxylic acids is 2. The number of ether oxygens (including phenoxy) is 2. The van der Waals surface area contributed by atoms with Crippen LogP contribution in [0.3, 0.4) is 0 Å². The van der Waals surface area contributed by atoms with E-state index in [4.69, 9.17) is 4.74 Å². The van der Waals surface area contributed by atoms with Gasteiger partial charge in [0.25, 0.3) is 5.91 Å². The van der Waals surface area contributed by atoms with Crippen molar-refractivity contribution in [1.29, 1.82) is 0 Å². The van der Waals surface area contributed by atoms with Crippen LogP contribution in [0.4, 0.5) is 0 Å². The zero-order valence-electron chi connectivity index (χ0n) is 16.9. The van der Waals surface area contributed by atoms with Crippen LogP contribution in [0.25, 0.3) is 0 Å². The number of rotatable bonds is 7. The van der Waals surface area contributed by atoms with E-state index in [0.717, 1.165) is 18.4 Å². The standard InChI is InChI=1S/C21H24N2O6S/c1-28-18-10-9-17(13-19(18)30(26,27)23-11-3-4-12-23)20(24)22-14-15-5-7-16(8-6-15)21(25)29-2/h5-10,13H,3-4,11-12,14H2,1-2H3,(H,22,24). The molecule has 1 heterocycles. The van der Waals surface area contributed by atoms with Gasteiger partial charge >= 0.3 is 5.97 Å². The summed E-state index contributed by atoms with van der Waals surface area (Å²) in [5.41, 5.74) is 1.42. The van der Waals surface area contributed by atoms with Gasteiger partial charge in [-0.3, -0.25) is 4.79 Å². The molecule has 1 aliphatic heterocycles. The lowest BCUT2D eigenvalue weighted by Crippen LogP contribution is -2.29. The van der Waals surface area contributed by atoms with E-state index in [0.29, 0.717) is 18.7 Å². The molecule has 3 rings (SSSR count). The lowest BCUT2D eigenvalue weighted by Gasteiger charge is -2.18. The van der Waals surface area contributed by atoms with Gasteiger partial charge in [0.2, 0.25) is 10.0 Å². The molecule has 0 bridgehead atoms. The minimum atomic E-state index is -3.74. The fourth-order valence-electron chi connectivity index (χ4n) is 3.25. The van der Waals surface area contributed by atoms with Crippen LogP contribution < -0.4 is 10.1 Å². The number of amides is 1. The minimum absolute atomic E-state index is 0.0121. The lowest BCUT2D eigenvalue weighted by molar-refractivity contribution is 0.0600. The summed E-state index contributed by atoms with van der Waals surface area (Å²) in [5, 5.41) is 2.76. The molecule has 1 N–H and O–H groups in total. The molecule has 0 atom stereocenters. The zero-order valence-corrected chi connectivity index (χ0v) is 17.7. The summed E-state index contributed by atoms with van der Waals surface area (Å²) >= 11 is 0. The summed E-state index contributed by atoms with van der Waals surface area (Å²) in [4.78, 5) is 24.1. The third-order valence-corrected chi connectivity index (χ3v) is 6.86. The van der Waals surface area contributed by atoms with Crippen LogP contribution in [0.2, 0.25) is 0 Å². The van der Waals surface area contributed by atoms with Gasteiger partial charge < -0.3 is 14.8 Å². The van der Waals surface area contributed by atoms with Gasteiger partial charge in [0.05, 0.1) is 19.8 Å². The number of nitrogens with one attached hydrogen (secondary N) is 1. The van der Waals surface area contributed by atoms with E-state index in [9.17, 15) is 18.0 Å². The van der Waals surface area contributed by atoms with Crippen molar-refractivity contribution in [3.05, 3.63) is 59.2 Å². The third kappa shape index (κ3) is 4.63. The molecule has 0 spiro atoms. The molecule has 1 saturated heterocycles. The summed E-state index contributed by atoms with van der Waals surface area (Å²) in [6.07, 6.45) is 1.63. The normalized spacial score (nSPS) is 14.3. The van der Waals surface area contributed by atoms with Crippen LogP contribution in [-0.4, -0.2) is 51.9 Å². The van der Waals surface area contributed by atoms with Crippen LogP contribution in [-0.2, 0) is 21.3 Å². The van der Waals surface area contributed by atoms with Crippen LogP contribution in [0.15, 0.2) is 47.4 Å². The molecule has 0 unspecified atom stereocenters. The highest BCUT2D eigenvalue weighted by molar-refractivity contribution is 7.89. The lowest BCUT2D eigenvalue weighted by atomic mass is 10.1. The Bertz CT molecular complexity index is 1030. The van der Waals surface area contributed by atoms with Gasteiger partial charge in [0, 0.05) is 25.2 Å². The van der Waals surface area contributed by atoms with E-state index < -0.39 is 21.9 Å². The number of carbonyl (C=O) groups is 2. The Morgan fingerprint density at radius 2 is 1.63 bits per heavy atom. The highest BCUT2D eigenvalue weighted by Gasteiger charge is 2.30. The average molecular weight is 432 g/mol. The fourth-order valence-corrected chi connectivity index (χ4v) is 4.95. The van der Waals surface area contributed by atoms with Crippen molar-refractivity contribution in [1.82, 2.24) is 9.62 Å². The first kappa shape index (κ1) is 21.8. The number of methoxy groups -OCH3 is 2. The first-order chi connectivity index (χ1) is 14.4. The second kappa shape index (κ2) is 9.27. The van der Waals surface area contributed by atoms with Gasteiger partial charge in [0.15, 0.2) is 0 Å². The summed E-state index contributed by atoms with van der Waals surface area (Å²) in [6.45, 7) is 1.15. The molecular weight excluding hydrogens is 408 g/mol. The quantitative estimate of drug-likeness (QED) is 0.673. The Morgan fingerprint density at radius 1 is 1.00 bits per heavy atom. The largest absolute Gasteiger partial charge is 0.495 e. The van der Waals surface area contributed by atoms with Crippen molar-refractivity contribution >= 4 is 21.9 Å². The Morgan fingerprint density at radius 3 is 2.23 bits per heavy atom. The molecule has 8 nitrogen and oxygen atoms in total. The predicted octanol–water partition coefficient (Wildman–Crippen LogP) is 2.20. The maximum absolute atomic E-state index is 13.0. The molecule has 2 aromatic rings. The van der Waals surface area contributed by atoms with Crippen LogP contribution >= 0.6 is 0 Å². The highest BCUT2D eigenvalue weighted by Crippen LogP contribution is 2.29. The van der Waals surface area contributed by atoms with Gasteiger partial charge in [0.1, 0.15) is 10.6 Å². The summed E-state index contributed by atoms with van der Waals surface area (Å²) in [6, 6.07) is 11.0. The molecule has 0 aromatic heterocycles. The highest BCUT2D eigenvalue weighted by atomic mass is 32.2. The van der Waals surface area contributed by atoms with Crippen molar-refractivity contribution in [3.8, 4) is 5.75 Å². The maximum atomic E-state index is 13.0. The molecule has 2 aromatic carbocycles. The van der Waals surface area contributed by atoms with Crippen molar-refractivity contribution < 1.29 is 27.5 Å². The molecule has 0 aliphatic carbocycles. The van der Waals surface area contributed by atoms with Crippen LogP contribution in [0.1, 0.15) is 39.1 Å². The van der Waals surface area contributed by atoms with Crippen molar-refractivity contribution in [2.75, 3.05) is 27.3 Å². The van der Waals surface area contributed by atoms with E-state index in [1.165, 1.54) is 36.7 Å². The summed E-state index contributed by atoms with van der Waals surface area (Å²) < 4.78 is 37.2. The molecule has 1 amide bonds. The molecule has 30 heavy (non-hydrogen) atoms. The average Bonchev–Trinajstić information content (AvgIpc) is 3.32. The Labute approximate surface area is 175 Å². The third-order valence-electron chi connectivity index (χ3n) is 4.94. The number of nitrogens with zero attached hydrogens (tertiary/aromatic N) is 1. The van der Waals surface area contributed by atoms with Gasteiger partial charge in [-0.1, -0.05) is 12.1 Å². The second-order valence-electron chi connectivity index (χ2n) is 6.85. The molecule has 0 saturated carbocycles. The minimum Gasteiger partial charge on any atom is -0.495 e. The number of esters is 1. The number of hydrogen-bond acceptors (Lipinski definition) is 6.